The fourth-order valence-corrected chi connectivity index (χ4v) is 3.06. The first-order chi connectivity index (χ1) is 10.7. The zero-order valence-corrected chi connectivity index (χ0v) is 12.9. The van der Waals surface area contributed by atoms with Crippen LogP contribution in [0.3, 0.4) is 0 Å². The van der Waals surface area contributed by atoms with Crippen LogP contribution in [-0.4, -0.2) is 35.7 Å². The van der Waals surface area contributed by atoms with Gasteiger partial charge in [0.15, 0.2) is 5.69 Å². The Morgan fingerprint density at radius 3 is 3.00 bits per heavy atom. The minimum absolute atomic E-state index is 0.0470. The SMILES string of the molecule is COc1ccccc1C[C@@H]1CCCN1C(=O)c1cc(C)on1. The van der Waals surface area contributed by atoms with Gasteiger partial charge in [-0.2, -0.15) is 0 Å². The molecule has 0 spiro atoms. The number of likely N-dealkylation sites (tertiary alicyclic amines) is 1. The first-order valence-electron chi connectivity index (χ1n) is 7.55. The Kier molecular flexibility index (Phi) is 4.13. The Morgan fingerprint density at radius 2 is 2.27 bits per heavy atom. The molecule has 0 unspecified atom stereocenters. The predicted octanol–water partition coefficient (Wildman–Crippen LogP) is 2.84. The number of aryl methyl sites for hydroxylation is 1. The summed E-state index contributed by atoms with van der Waals surface area (Å²) in [5.74, 6) is 1.48. The minimum Gasteiger partial charge on any atom is -0.496 e. The first kappa shape index (κ1) is 14.6. The Labute approximate surface area is 129 Å². The lowest BCUT2D eigenvalue weighted by Crippen LogP contribution is -2.37. The van der Waals surface area contributed by atoms with Gasteiger partial charge < -0.3 is 14.2 Å². The molecule has 1 aliphatic rings. The summed E-state index contributed by atoms with van der Waals surface area (Å²) in [5.41, 5.74) is 1.52. The lowest BCUT2D eigenvalue weighted by molar-refractivity contribution is 0.0725. The van der Waals surface area contributed by atoms with Crippen molar-refractivity contribution in [1.82, 2.24) is 10.1 Å². The molecule has 116 valence electrons. The third-order valence-corrected chi connectivity index (χ3v) is 4.13. The van der Waals surface area contributed by atoms with Gasteiger partial charge in [-0.05, 0) is 37.8 Å². The molecule has 1 atom stereocenters. The molecule has 0 bridgehead atoms. The van der Waals surface area contributed by atoms with Crippen LogP contribution in [0, 0.1) is 6.92 Å². The summed E-state index contributed by atoms with van der Waals surface area (Å²) in [6.45, 7) is 2.56. The van der Waals surface area contributed by atoms with E-state index in [1.54, 1.807) is 20.1 Å². The summed E-state index contributed by atoms with van der Waals surface area (Å²) in [6.07, 6.45) is 2.82. The number of benzene rings is 1. The van der Waals surface area contributed by atoms with Gasteiger partial charge >= 0.3 is 0 Å². The third-order valence-electron chi connectivity index (χ3n) is 4.13. The summed E-state index contributed by atoms with van der Waals surface area (Å²) < 4.78 is 10.4. The number of carbonyl (C=O) groups excluding carboxylic acids is 1. The second kappa shape index (κ2) is 6.22. The van der Waals surface area contributed by atoms with Crippen LogP contribution in [0.15, 0.2) is 34.9 Å². The second-order valence-electron chi connectivity index (χ2n) is 5.63. The summed E-state index contributed by atoms with van der Waals surface area (Å²) in [4.78, 5) is 14.5. The highest BCUT2D eigenvalue weighted by Gasteiger charge is 2.31. The van der Waals surface area contributed by atoms with Crippen LogP contribution < -0.4 is 4.74 Å². The molecule has 0 radical (unpaired) electrons. The molecular weight excluding hydrogens is 280 g/mol. The molecule has 5 nitrogen and oxygen atoms in total. The molecule has 1 amide bonds. The highest BCUT2D eigenvalue weighted by molar-refractivity contribution is 5.92. The zero-order valence-electron chi connectivity index (χ0n) is 12.9. The van der Waals surface area contributed by atoms with Crippen LogP contribution in [0.4, 0.5) is 0 Å². The van der Waals surface area contributed by atoms with Crippen LogP contribution in [-0.2, 0) is 6.42 Å². The zero-order chi connectivity index (χ0) is 15.5. The Morgan fingerprint density at radius 1 is 1.45 bits per heavy atom. The molecule has 0 saturated carbocycles. The van der Waals surface area contributed by atoms with Gasteiger partial charge in [-0.25, -0.2) is 0 Å². The number of hydrogen-bond donors (Lipinski definition) is 0. The van der Waals surface area contributed by atoms with Gasteiger partial charge in [0.1, 0.15) is 11.5 Å². The average molecular weight is 300 g/mol. The van der Waals surface area contributed by atoms with Crippen molar-refractivity contribution < 1.29 is 14.1 Å². The number of ether oxygens (including phenoxy) is 1. The van der Waals surface area contributed by atoms with E-state index in [4.69, 9.17) is 9.26 Å². The van der Waals surface area contributed by atoms with Crippen LogP contribution in [0.2, 0.25) is 0 Å². The third kappa shape index (κ3) is 2.84. The maximum Gasteiger partial charge on any atom is 0.276 e. The van der Waals surface area contributed by atoms with E-state index in [-0.39, 0.29) is 11.9 Å². The number of hydrogen-bond acceptors (Lipinski definition) is 4. The van der Waals surface area contributed by atoms with Crippen molar-refractivity contribution in [1.29, 1.82) is 0 Å². The standard InChI is InChI=1S/C17H20N2O3/c1-12-10-15(18-22-12)17(20)19-9-5-7-14(19)11-13-6-3-4-8-16(13)21-2/h3-4,6,8,10,14H,5,7,9,11H2,1-2H3/t14-/m0/s1. The van der Waals surface area contributed by atoms with Gasteiger partial charge in [0.25, 0.3) is 5.91 Å². The van der Waals surface area contributed by atoms with Gasteiger partial charge in [-0.15, -0.1) is 0 Å². The topological polar surface area (TPSA) is 55.6 Å². The molecule has 1 aromatic heterocycles. The quantitative estimate of drug-likeness (QED) is 0.871. The van der Waals surface area contributed by atoms with Gasteiger partial charge in [-0.1, -0.05) is 23.4 Å². The minimum atomic E-state index is -0.0470. The van der Waals surface area contributed by atoms with Crippen LogP contribution in [0.25, 0.3) is 0 Å². The molecule has 1 saturated heterocycles. The van der Waals surface area contributed by atoms with Crippen molar-refractivity contribution in [3.05, 3.63) is 47.3 Å². The number of amides is 1. The number of rotatable bonds is 4. The second-order valence-corrected chi connectivity index (χ2v) is 5.63. The maximum absolute atomic E-state index is 12.6. The largest absolute Gasteiger partial charge is 0.496 e. The number of nitrogens with zero attached hydrogens (tertiary/aromatic N) is 2. The van der Waals surface area contributed by atoms with E-state index in [9.17, 15) is 4.79 Å². The molecule has 5 heteroatoms. The van der Waals surface area contributed by atoms with Gasteiger partial charge in [-0.3, -0.25) is 4.79 Å². The smallest absolute Gasteiger partial charge is 0.276 e. The number of methoxy groups -OCH3 is 1. The molecule has 1 aliphatic heterocycles. The lowest BCUT2D eigenvalue weighted by atomic mass is 10.0. The van der Waals surface area contributed by atoms with Crippen molar-refractivity contribution in [3.63, 3.8) is 0 Å². The van der Waals surface area contributed by atoms with Gasteiger partial charge in [0.2, 0.25) is 0 Å². The van der Waals surface area contributed by atoms with E-state index < -0.39 is 0 Å². The molecule has 2 heterocycles. The molecule has 3 rings (SSSR count). The van der Waals surface area contributed by atoms with Gasteiger partial charge in [0, 0.05) is 18.7 Å². The van der Waals surface area contributed by atoms with Crippen molar-refractivity contribution in [2.45, 2.75) is 32.2 Å². The van der Waals surface area contributed by atoms with Crippen LogP contribution in [0.1, 0.15) is 34.7 Å². The van der Waals surface area contributed by atoms with E-state index in [1.165, 1.54) is 0 Å². The van der Waals surface area contributed by atoms with E-state index in [1.807, 2.05) is 23.1 Å². The summed E-state index contributed by atoms with van der Waals surface area (Å²) in [7, 11) is 1.68. The number of aromatic nitrogens is 1. The van der Waals surface area contributed by atoms with Gasteiger partial charge in [0.05, 0.1) is 7.11 Å². The van der Waals surface area contributed by atoms with Crippen molar-refractivity contribution in [3.8, 4) is 5.75 Å². The van der Waals surface area contributed by atoms with Crippen molar-refractivity contribution >= 4 is 5.91 Å². The van der Waals surface area contributed by atoms with E-state index in [0.717, 1.165) is 37.1 Å². The Bertz CT molecular complexity index is 665. The van der Waals surface area contributed by atoms with E-state index in [2.05, 4.69) is 11.2 Å². The summed E-state index contributed by atoms with van der Waals surface area (Å²) in [6, 6.07) is 9.84. The molecule has 1 aromatic carbocycles. The van der Waals surface area contributed by atoms with Crippen molar-refractivity contribution in [2.75, 3.05) is 13.7 Å². The number of para-hydroxylation sites is 1. The average Bonchev–Trinajstić information content (AvgIpc) is 3.16. The van der Waals surface area contributed by atoms with E-state index in [0.29, 0.717) is 11.5 Å². The molecular formula is C17H20N2O3. The first-order valence-corrected chi connectivity index (χ1v) is 7.55. The highest BCUT2D eigenvalue weighted by Crippen LogP contribution is 2.27. The monoisotopic (exact) mass is 300 g/mol. The normalized spacial score (nSPS) is 17.7. The maximum atomic E-state index is 12.6. The lowest BCUT2D eigenvalue weighted by Gasteiger charge is -2.24. The molecule has 0 N–H and O–H groups in total. The highest BCUT2D eigenvalue weighted by atomic mass is 16.5. The molecule has 22 heavy (non-hydrogen) atoms. The fraction of sp³-hybridized carbons (Fsp3) is 0.412. The molecule has 1 fully saturated rings. The fourth-order valence-electron chi connectivity index (χ4n) is 3.06. The van der Waals surface area contributed by atoms with Crippen LogP contribution >= 0.6 is 0 Å². The molecule has 2 aromatic rings. The Hall–Kier alpha value is -2.30. The van der Waals surface area contributed by atoms with Crippen molar-refractivity contribution in [2.24, 2.45) is 0 Å². The summed E-state index contributed by atoms with van der Waals surface area (Å²) >= 11 is 0. The van der Waals surface area contributed by atoms with E-state index >= 15 is 0 Å². The number of carbonyl (C=O) groups is 1. The predicted molar refractivity (Wildman–Crippen MR) is 82.0 cm³/mol. The Balaban J connectivity index is 1.77. The summed E-state index contributed by atoms with van der Waals surface area (Å²) in [5, 5.41) is 3.84. The van der Waals surface area contributed by atoms with Crippen LogP contribution in [0.5, 0.6) is 5.75 Å². The molecule has 0 aliphatic carbocycles.